The number of rotatable bonds is 4. The van der Waals surface area contributed by atoms with Crippen molar-refractivity contribution in [3.8, 4) is 11.1 Å². The van der Waals surface area contributed by atoms with Crippen LogP contribution in [0.4, 0.5) is 5.82 Å². The van der Waals surface area contributed by atoms with E-state index >= 15 is 0 Å². The van der Waals surface area contributed by atoms with Gasteiger partial charge in [-0.2, -0.15) is 4.98 Å². The largest absolute Gasteiger partial charge is 0.466 e. The molecule has 3 aromatic rings. The number of carbonyl (C=O) groups is 1. The molecule has 1 aliphatic heterocycles. The van der Waals surface area contributed by atoms with E-state index in [0.717, 1.165) is 46.5 Å². The highest BCUT2D eigenvalue weighted by atomic mass is 35.5. The number of ether oxygens (including phenoxy) is 1. The molecule has 4 rings (SSSR count). The predicted octanol–water partition coefficient (Wildman–Crippen LogP) is 5.41. The molecule has 0 N–H and O–H groups in total. The lowest BCUT2D eigenvalue weighted by atomic mass is 9.97. The van der Waals surface area contributed by atoms with Crippen molar-refractivity contribution >= 4 is 44.9 Å². The highest BCUT2D eigenvalue weighted by Gasteiger charge is 2.29. The van der Waals surface area contributed by atoms with Gasteiger partial charge in [0.25, 0.3) is 0 Å². The Hall–Kier alpha value is -2.18. The standard InChI is InChI=1S/C22H24ClN3O2S/c1-4-28-21(27)16-6-5-9-26(11-16)19-18-17(12-29-20(18)25-22(23)24-19)15-8-7-13(2)14(3)10-15/h7-8,10,12,16H,4-6,9,11H2,1-3H3. The molecule has 1 fully saturated rings. The molecule has 0 amide bonds. The van der Waals surface area contributed by atoms with Crippen molar-refractivity contribution < 1.29 is 9.53 Å². The van der Waals surface area contributed by atoms with E-state index < -0.39 is 0 Å². The van der Waals surface area contributed by atoms with E-state index in [9.17, 15) is 4.79 Å². The third kappa shape index (κ3) is 3.96. The summed E-state index contributed by atoms with van der Waals surface area (Å²) < 4.78 is 5.26. The minimum atomic E-state index is -0.142. The van der Waals surface area contributed by atoms with Gasteiger partial charge in [0.15, 0.2) is 0 Å². The van der Waals surface area contributed by atoms with Crippen LogP contribution in [0.15, 0.2) is 23.6 Å². The molecule has 1 unspecified atom stereocenters. The van der Waals surface area contributed by atoms with Crippen LogP contribution >= 0.6 is 22.9 Å². The maximum Gasteiger partial charge on any atom is 0.310 e. The Balaban J connectivity index is 1.78. The number of carbonyl (C=O) groups excluding carboxylic acids is 1. The number of esters is 1. The van der Waals surface area contributed by atoms with Gasteiger partial charge in [-0.05, 0) is 61.9 Å². The molecule has 2 aromatic heterocycles. The number of anilines is 1. The highest BCUT2D eigenvalue weighted by Crippen LogP contribution is 2.40. The summed E-state index contributed by atoms with van der Waals surface area (Å²) in [6, 6.07) is 6.48. The number of benzene rings is 1. The Morgan fingerprint density at radius 1 is 1.31 bits per heavy atom. The minimum absolute atomic E-state index is 0.131. The zero-order valence-corrected chi connectivity index (χ0v) is 18.4. The van der Waals surface area contributed by atoms with Crippen molar-refractivity contribution in [1.82, 2.24) is 9.97 Å². The maximum atomic E-state index is 12.3. The first-order valence-corrected chi connectivity index (χ1v) is 11.2. The number of aryl methyl sites for hydroxylation is 2. The van der Waals surface area contributed by atoms with Crippen LogP contribution in [0.3, 0.4) is 0 Å². The number of fused-ring (bicyclic) bond motifs is 1. The lowest BCUT2D eigenvalue weighted by Crippen LogP contribution is -2.40. The summed E-state index contributed by atoms with van der Waals surface area (Å²) >= 11 is 7.83. The number of piperidine rings is 1. The van der Waals surface area contributed by atoms with E-state index in [1.807, 2.05) is 6.92 Å². The third-order valence-corrected chi connectivity index (χ3v) is 6.59. The molecule has 0 aliphatic carbocycles. The van der Waals surface area contributed by atoms with E-state index in [1.165, 1.54) is 11.1 Å². The molecule has 29 heavy (non-hydrogen) atoms. The van der Waals surface area contributed by atoms with Crippen LogP contribution in [0, 0.1) is 19.8 Å². The van der Waals surface area contributed by atoms with Crippen LogP contribution in [0.5, 0.6) is 0 Å². The molecule has 152 valence electrons. The highest BCUT2D eigenvalue weighted by molar-refractivity contribution is 7.17. The van der Waals surface area contributed by atoms with E-state index in [2.05, 4.69) is 52.3 Å². The monoisotopic (exact) mass is 429 g/mol. The Morgan fingerprint density at radius 2 is 2.14 bits per heavy atom. The summed E-state index contributed by atoms with van der Waals surface area (Å²) in [7, 11) is 0. The van der Waals surface area contributed by atoms with E-state index in [-0.39, 0.29) is 17.2 Å². The first-order chi connectivity index (χ1) is 14.0. The Bertz CT molecular complexity index is 1070. The average Bonchev–Trinajstić information content (AvgIpc) is 3.13. The van der Waals surface area contributed by atoms with Gasteiger partial charge in [-0.25, -0.2) is 4.98 Å². The van der Waals surface area contributed by atoms with Gasteiger partial charge >= 0.3 is 5.97 Å². The first kappa shape index (κ1) is 20.1. The second kappa shape index (κ2) is 8.28. The lowest BCUT2D eigenvalue weighted by Gasteiger charge is -2.33. The summed E-state index contributed by atoms with van der Waals surface area (Å²) in [5.74, 6) is 0.535. The molecule has 1 saturated heterocycles. The number of halogens is 1. The Morgan fingerprint density at radius 3 is 2.90 bits per heavy atom. The second-order valence-corrected chi connectivity index (χ2v) is 8.68. The van der Waals surface area contributed by atoms with Crippen LogP contribution in [0.2, 0.25) is 5.28 Å². The fourth-order valence-electron chi connectivity index (χ4n) is 3.87. The van der Waals surface area contributed by atoms with Crippen molar-refractivity contribution in [2.24, 2.45) is 5.92 Å². The molecule has 1 aliphatic rings. The molecule has 1 atom stereocenters. The van der Waals surface area contributed by atoms with Gasteiger partial charge in [-0.3, -0.25) is 4.79 Å². The minimum Gasteiger partial charge on any atom is -0.466 e. The van der Waals surface area contributed by atoms with Gasteiger partial charge in [0.2, 0.25) is 5.28 Å². The first-order valence-electron chi connectivity index (χ1n) is 9.92. The molecule has 5 nitrogen and oxygen atoms in total. The Kier molecular flexibility index (Phi) is 5.74. The number of nitrogens with zero attached hydrogens (tertiary/aromatic N) is 3. The number of hydrogen-bond acceptors (Lipinski definition) is 6. The SMILES string of the molecule is CCOC(=O)C1CCCN(c2nc(Cl)nc3scc(-c4ccc(C)c(C)c4)c23)C1. The van der Waals surface area contributed by atoms with Crippen molar-refractivity contribution in [1.29, 1.82) is 0 Å². The maximum absolute atomic E-state index is 12.3. The zero-order chi connectivity index (χ0) is 20.5. The smallest absolute Gasteiger partial charge is 0.310 e. The average molecular weight is 430 g/mol. The van der Waals surface area contributed by atoms with Crippen LogP contribution in [0.1, 0.15) is 30.9 Å². The van der Waals surface area contributed by atoms with Gasteiger partial charge in [-0.15, -0.1) is 11.3 Å². The van der Waals surface area contributed by atoms with Crippen molar-refractivity contribution in [2.75, 3.05) is 24.6 Å². The van der Waals surface area contributed by atoms with E-state index in [4.69, 9.17) is 16.3 Å². The molecule has 1 aromatic carbocycles. The van der Waals surface area contributed by atoms with Gasteiger partial charge in [0.1, 0.15) is 10.6 Å². The van der Waals surface area contributed by atoms with Crippen molar-refractivity contribution in [3.63, 3.8) is 0 Å². The molecule has 7 heteroatoms. The summed E-state index contributed by atoms with van der Waals surface area (Å²) in [6.07, 6.45) is 1.75. The number of hydrogen-bond donors (Lipinski definition) is 0. The zero-order valence-electron chi connectivity index (χ0n) is 16.9. The van der Waals surface area contributed by atoms with Gasteiger partial charge < -0.3 is 9.64 Å². The quantitative estimate of drug-likeness (QED) is 0.410. The van der Waals surface area contributed by atoms with Crippen LogP contribution < -0.4 is 4.90 Å². The molecule has 0 radical (unpaired) electrons. The summed E-state index contributed by atoms with van der Waals surface area (Å²) in [5.41, 5.74) is 4.77. The van der Waals surface area contributed by atoms with Gasteiger partial charge in [0, 0.05) is 24.0 Å². The van der Waals surface area contributed by atoms with Crippen molar-refractivity contribution in [3.05, 3.63) is 40.0 Å². The predicted molar refractivity (Wildman–Crippen MR) is 119 cm³/mol. The second-order valence-electron chi connectivity index (χ2n) is 7.48. The van der Waals surface area contributed by atoms with E-state index in [1.54, 1.807) is 11.3 Å². The molecule has 0 spiro atoms. The van der Waals surface area contributed by atoms with Crippen LogP contribution in [-0.4, -0.2) is 35.6 Å². The summed E-state index contributed by atoms with van der Waals surface area (Å²) in [5, 5.41) is 3.36. The molecular weight excluding hydrogens is 406 g/mol. The summed E-state index contributed by atoms with van der Waals surface area (Å²) in [4.78, 5) is 24.4. The number of thiophene rings is 1. The fraction of sp³-hybridized carbons (Fsp3) is 0.409. The van der Waals surface area contributed by atoms with Gasteiger partial charge in [-0.1, -0.05) is 18.2 Å². The van der Waals surface area contributed by atoms with E-state index in [0.29, 0.717) is 13.2 Å². The number of aromatic nitrogens is 2. The topological polar surface area (TPSA) is 55.3 Å². The van der Waals surface area contributed by atoms with Gasteiger partial charge in [0.05, 0.1) is 17.9 Å². The molecule has 0 bridgehead atoms. The van der Waals surface area contributed by atoms with Crippen LogP contribution in [-0.2, 0) is 9.53 Å². The third-order valence-electron chi connectivity index (χ3n) is 5.55. The summed E-state index contributed by atoms with van der Waals surface area (Å²) in [6.45, 7) is 7.90. The van der Waals surface area contributed by atoms with Crippen molar-refractivity contribution in [2.45, 2.75) is 33.6 Å². The fourth-order valence-corrected chi connectivity index (χ4v) is 5.03. The lowest BCUT2D eigenvalue weighted by molar-refractivity contribution is -0.148. The molecular formula is C22H24ClN3O2S. The van der Waals surface area contributed by atoms with Crippen LogP contribution in [0.25, 0.3) is 21.3 Å². The molecule has 3 heterocycles. The Labute approximate surface area is 179 Å². The molecule has 0 saturated carbocycles. The normalized spacial score (nSPS) is 17.0.